The van der Waals surface area contributed by atoms with Crippen LogP contribution in [0.1, 0.15) is 49.3 Å². The van der Waals surface area contributed by atoms with Gasteiger partial charge in [-0.25, -0.2) is 0 Å². The Morgan fingerprint density at radius 1 is 0.786 bits per heavy atom. The Morgan fingerprint density at radius 2 is 1.39 bits per heavy atom. The summed E-state index contributed by atoms with van der Waals surface area (Å²) in [5.41, 5.74) is 4.50. The van der Waals surface area contributed by atoms with Crippen molar-refractivity contribution in [3.8, 4) is 20.9 Å². The van der Waals surface area contributed by atoms with E-state index in [1.54, 1.807) is 0 Å². The monoisotopic (exact) mass is 426 g/mol. The smallest absolute Gasteiger partial charge is 0.114 e. The van der Waals surface area contributed by atoms with Gasteiger partial charge in [0.2, 0.25) is 0 Å². The zero-order chi connectivity index (χ0) is 19.5. The van der Waals surface area contributed by atoms with Gasteiger partial charge in [-0.05, 0) is 43.5 Å². The molecule has 0 aliphatic carbocycles. The molecule has 0 N–H and O–H groups in total. The van der Waals surface area contributed by atoms with E-state index >= 15 is 0 Å². The fourth-order valence-electron chi connectivity index (χ4n) is 3.93. The van der Waals surface area contributed by atoms with Crippen LogP contribution in [0.25, 0.3) is 31.9 Å². The van der Waals surface area contributed by atoms with Crippen LogP contribution in [0.4, 0.5) is 0 Å². The molecule has 0 spiro atoms. The van der Waals surface area contributed by atoms with Gasteiger partial charge in [0.05, 0.1) is 11.7 Å². The van der Waals surface area contributed by atoms with Gasteiger partial charge in [-0.3, -0.25) is 0 Å². The van der Waals surface area contributed by atoms with Crippen molar-refractivity contribution in [1.82, 2.24) is 8.75 Å². The second kappa shape index (κ2) is 8.85. The lowest BCUT2D eigenvalue weighted by atomic mass is 9.94. The van der Waals surface area contributed by atoms with E-state index in [0.717, 1.165) is 17.0 Å². The Balaban J connectivity index is 1.65. The van der Waals surface area contributed by atoms with E-state index in [4.69, 9.17) is 0 Å². The molecule has 0 fully saturated rings. The molecule has 2 nitrogen and oxygen atoms in total. The molecule has 0 saturated carbocycles. The highest BCUT2D eigenvalue weighted by Gasteiger charge is 2.16. The first-order valence-electron chi connectivity index (χ1n) is 10.1. The molecule has 0 saturated heterocycles. The number of rotatable bonds is 8. The van der Waals surface area contributed by atoms with Crippen LogP contribution in [0, 0.1) is 12.8 Å². The maximum Gasteiger partial charge on any atom is 0.114 e. The Labute approximate surface area is 179 Å². The zero-order valence-electron chi connectivity index (χ0n) is 16.7. The van der Waals surface area contributed by atoms with Crippen molar-refractivity contribution in [1.29, 1.82) is 0 Å². The summed E-state index contributed by atoms with van der Waals surface area (Å²) in [6.07, 6.45) is 6.42. The SMILES string of the molecule is CCCC(CCC)Cc1ccc(-c2ccc(-c3ccc(C)s3)c3nsnc23)s1. The van der Waals surface area contributed by atoms with Crippen LogP contribution in [-0.2, 0) is 6.42 Å². The van der Waals surface area contributed by atoms with Gasteiger partial charge in [0.25, 0.3) is 0 Å². The van der Waals surface area contributed by atoms with Gasteiger partial charge in [-0.1, -0.05) is 51.7 Å². The van der Waals surface area contributed by atoms with Crippen LogP contribution >= 0.6 is 34.4 Å². The first kappa shape index (κ1) is 19.7. The molecule has 0 atom stereocenters. The highest BCUT2D eigenvalue weighted by Crippen LogP contribution is 2.39. The number of nitrogens with zero attached hydrogens (tertiary/aromatic N) is 2. The zero-order valence-corrected chi connectivity index (χ0v) is 19.1. The predicted molar refractivity (Wildman–Crippen MR) is 126 cm³/mol. The first-order chi connectivity index (χ1) is 13.7. The van der Waals surface area contributed by atoms with E-state index in [-0.39, 0.29) is 0 Å². The molecule has 5 heteroatoms. The summed E-state index contributed by atoms with van der Waals surface area (Å²) in [4.78, 5) is 5.41. The Kier molecular flexibility index (Phi) is 6.24. The molecule has 1 aromatic carbocycles. The molecule has 3 aromatic heterocycles. The minimum Gasteiger partial charge on any atom is -0.172 e. The standard InChI is InChI=1S/C23H26N2S3/c1-4-6-16(7-5-2)14-17-9-13-21(27-17)19-11-10-18(20-12-8-15(3)26-20)22-23(19)25-28-24-22/h8-13,16H,4-7,14H2,1-3H3. The molecule has 146 valence electrons. The van der Waals surface area contributed by atoms with Crippen molar-refractivity contribution in [3.63, 3.8) is 0 Å². The molecule has 3 heterocycles. The van der Waals surface area contributed by atoms with Crippen LogP contribution in [0.5, 0.6) is 0 Å². The van der Waals surface area contributed by atoms with Gasteiger partial charge < -0.3 is 0 Å². The number of hydrogen-bond donors (Lipinski definition) is 0. The van der Waals surface area contributed by atoms with Crippen molar-refractivity contribution in [3.05, 3.63) is 46.2 Å². The second-order valence-electron chi connectivity index (χ2n) is 7.45. The molecule has 0 amide bonds. The van der Waals surface area contributed by atoms with Crippen LogP contribution in [-0.4, -0.2) is 8.75 Å². The average Bonchev–Trinajstić information content (AvgIpc) is 3.42. The number of fused-ring (bicyclic) bond motifs is 1. The average molecular weight is 427 g/mol. The molecule has 4 rings (SSSR count). The lowest BCUT2D eigenvalue weighted by molar-refractivity contribution is 0.441. The van der Waals surface area contributed by atoms with Crippen molar-refractivity contribution in [2.45, 2.75) is 52.9 Å². The van der Waals surface area contributed by atoms with E-state index in [2.05, 4.69) is 65.9 Å². The highest BCUT2D eigenvalue weighted by atomic mass is 32.1. The summed E-state index contributed by atoms with van der Waals surface area (Å²) in [5.74, 6) is 0.812. The van der Waals surface area contributed by atoms with Crippen LogP contribution in [0.15, 0.2) is 36.4 Å². The van der Waals surface area contributed by atoms with E-state index in [1.165, 1.54) is 74.5 Å². The lowest BCUT2D eigenvalue weighted by Crippen LogP contribution is -2.02. The molecule has 4 aromatic rings. The predicted octanol–water partition coefficient (Wildman–Crippen LogP) is 8.22. The van der Waals surface area contributed by atoms with Crippen molar-refractivity contribution < 1.29 is 0 Å². The van der Waals surface area contributed by atoms with Crippen LogP contribution < -0.4 is 0 Å². The maximum atomic E-state index is 4.66. The number of aryl methyl sites for hydroxylation is 1. The largest absolute Gasteiger partial charge is 0.172 e. The summed E-state index contributed by atoms with van der Waals surface area (Å²) >= 11 is 5.07. The maximum absolute atomic E-state index is 4.66. The third kappa shape index (κ3) is 4.07. The van der Waals surface area contributed by atoms with Gasteiger partial charge >= 0.3 is 0 Å². The minimum absolute atomic E-state index is 0.812. The summed E-state index contributed by atoms with van der Waals surface area (Å²) < 4.78 is 9.30. The van der Waals surface area contributed by atoms with E-state index < -0.39 is 0 Å². The third-order valence-electron chi connectivity index (χ3n) is 5.23. The summed E-state index contributed by atoms with van der Waals surface area (Å²) in [6, 6.07) is 13.4. The summed E-state index contributed by atoms with van der Waals surface area (Å²) in [6.45, 7) is 6.74. The second-order valence-corrected chi connectivity index (χ2v) is 10.4. The quantitative estimate of drug-likeness (QED) is 0.283. The fraction of sp³-hybridized carbons (Fsp3) is 0.391. The van der Waals surface area contributed by atoms with E-state index in [9.17, 15) is 0 Å². The fourth-order valence-corrected chi connectivity index (χ4v) is 6.54. The first-order valence-corrected chi connectivity index (χ1v) is 12.5. The van der Waals surface area contributed by atoms with E-state index in [1.807, 2.05) is 22.7 Å². The number of aromatic nitrogens is 2. The van der Waals surface area contributed by atoms with E-state index in [0.29, 0.717) is 0 Å². The lowest BCUT2D eigenvalue weighted by Gasteiger charge is -2.13. The highest BCUT2D eigenvalue weighted by molar-refractivity contribution is 7.16. The Hall–Kier alpha value is -1.56. The molecule has 0 unspecified atom stereocenters. The normalized spacial score (nSPS) is 11.7. The van der Waals surface area contributed by atoms with Crippen molar-refractivity contribution in [2.75, 3.05) is 0 Å². The minimum atomic E-state index is 0.812. The summed E-state index contributed by atoms with van der Waals surface area (Å²) in [5, 5.41) is 0. The molecule has 0 aliphatic heterocycles. The number of thiophene rings is 2. The van der Waals surface area contributed by atoms with Gasteiger partial charge in [-0.2, -0.15) is 8.75 Å². The van der Waals surface area contributed by atoms with Gasteiger partial charge in [0.15, 0.2) is 0 Å². The molecule has 28 heavy (non-hydrogen) atoms. The van der Waals surface area contributed by atoms with Crippen molar-refractivity contribution >= 4 is 45.4 Å². The molecule has 0 aliphatic rings. The van der Waals surface area contributed by atoms with Gasteiger partial charge in [0, 0.05) is 30.6 Å². The molecule has 0 bridgehead atoms. The topological polar surface area (TPSA) is 25.8 Å². The number of hydrogen-bond acceptors (Lipinski definition) is 5. The third-order valence-corrected chi connectivity index (χ3v) is 7.94. The Morgan fingerprint density at radius 3 is 1.96 bits per heavy atom. The van der Waals surface area contributed by atoms with Crippen LogP contribution in [0.2, 0.25) is 0 Å². The van der Waals surface area contributed by atoms with Crippen molar-refractivity contribution in [2.24, 2.45) is 5.92 Å². The molecular formula is C23H26N2S3. The van der Waals surface area contributed by atoms with Crippen LogP contribution in [0.3, 0.4) is 0 Å². The Bertz CT molecular complexity index is 1050. The summed E-state index contributed by atoms with van der Waals surface area (Å²) in [7, 11) is 0. The van der Waals surface area contributed by atoms with Gasteiger partial charge in [0.1, 0.15) is 11.0 Å². The molecular weight excluding hydrogens is 400 g/mol. The van der Waals surface area contributed by atoms with Gasteiger partial charge in [-0.15, -0.1) is 22.7 Å². The molecule has 0 radical (unpaired) electrons. The number of benzene rings is 1.